The van der Waals surface area contributed by atoms with Crippen molar-refractivity contribution in [1.29, 1.82) is 0 Å². The molecule has 0 spiro atoms. The molecule has 0 atom stereocenters. The molecule has 30 heavy (non-hydrogen) atoms. The largest absolute Gasteiger partial charge is 0.497 e. The van der Waals surface area contributed by atoms with Crippen LogP contribution in [0.1, 0.15) is 16.8 Å². The molecule has 0 unspecified atom stereocenters. The summed E-state index contributed by atoms with van der Waals surface area (Å²) in [6, 6.07) is 10.4. The zero-order valence-electron chi connectivity index (χ0n) is 16.7. The number of carbonyl (C=O) groups excluding carboxylic acids is 2. The molecule has 0 saturated heterocycles. The van der Waals surface area contributed by atoms with Gasteiger partial charge in [-0.05, 0) is 42.5 Å². The van der Waals surface area contributed by atoms with Crippen molar-refractivity contribution in [3.05, 3.63) is 48.0 Å². The van der Waals surface area contributed by atoms with Crippen LogP contribution >= 0.6 is 0 Å². The predicted octanol–water partition coefficient (Wildman–Crippen LogP) is 0.842. The van der Waals surface area contributed by atoms with E-state index in [-0.39, 0.29) is 23.4 Å². The number of carbonyl (C=O) groups is 2. The second kappa shape index (κ2) is 10.5. The summed E-state index contributed by atoms with van der Waals surface area (Å²) in [5, 5.41) is 0. The summed E-state index contributed by atoms with van der Waals surface area (Å²) in [6.45, 7) is -0.146. The van der Waals surface area contributed by atoms with Gasteiger partial charge in [0.15, 0.2) is 11.5 Å². The van der Waals surface area contributed by atoms with Crippen LogP contribution in [-0.2, 0) is 14.8 Å². The van der Waals surface area contributed by atoms with Gasteiger partial charge in [-0.3, -0.25) is 20.4 Å². The minimum Gasteiger partial charge on any atom is -0.497 e. The van der Waals surface area contributed by atoms with E-state index >= 15 is 0 Å². The Kier molecular flexibility index (Phi) is 8.01. The monoisotopic (exact) mass is 437 g/mol. The van der Waals surface area contributed by atoms with E-state index in [0.29, 0.717) is 17.2 Å². The van der Waals surface area contributed by atoms with Crippen LogP contribution in [0.15, 0.2) is 47.4 Å². The third-order valence-electron chi connectivity index (χ3n) is 3.98. The number of nitrogens with one attached hydrogen (secondary N) is 3. The van der Waals surface area contributed by atoms with Crippen LogP contribution in [0.4, 0.5) is 0 Å². The minimum atomic E-state index is -3.77. The van der Waals surface area contributed by atoms with Gasteiger partial charge >= 0.3 is 0 Å². The highest BCUT2D eigenvalue weighted by Crippen LogP contribution is 2.27. The summed E-state index contributed by atoms with van der Waals surface area (Å²) in [5.74, 6) is 0.217. The molecule has 0 radical (unpaired) electrons. The molecule has 2 aromatic carbocycles. The van der Waals surface area contributed by atoms with E-state index in [2.05, 4.69) is 15.6 Å². The average Bonchev–Trinajstić information content (AvgIpc) is 2.76. The van der Waals surface area contributed by atoms with Crippen molar-refractivity contribution in [2.24, 2.45) is 0 Å². The first-order valence-electron chi connectivity index (χ1n) is 8.75. The Morgan fingerprint density at radius 3 is 2.13 bits per heavy atom. The SMILES string of the molecule is COc1ccc(S(=O)(=O)NCCC(=O)NNC(=O)c2ccc(OC)c(OC)c2)cc1. The zero-order valence-corrected chi connectivity index (χ0v) is 17.5. The van der Waals surface area contributed by atoms with Crippen molar-refractivity contribution in [3.8, 4) is 17.2 Å². The number of hydrogen-bond donors (Lipinski definition) is 3. The fraction of sp³-hybridized carbons (Fsp3) is 0.263. The Labute approximate surface area is 174 Å². The lowest BCUT2D eigenvalue weighted by Gasteiger charge is -2.11. The third-order valence-corrected chi connectivity index (χ3v) is 5.45. The van der Waals surface area contributed by atoms with Crippen molar-refractivity contribution < 1.29 is 32.2 Å². The second-order valence-corrected chi connectivity index (χ2v) is 7.66. The minimum absolute atomic E-state index is 0.0467. The summed E-state index contributed by atoms with van der Waals surface area (Å²) >= 11 is 0. The molecule has 0 saturated carbocycles. The number of ether oxygens (including phenoxy) is 3. The van der Waals surface area contributed by atoms with Gasteiger partial charge in [-0.2, -0.15) is 0 Å². The number of methoxy groups -OCH3 is 3. The van der Waals surface area contributed by atoms with Crippen molar-refractivity contribution in [3.63, 3.8) is 0 Å². The van der Waals surface area contributed by atoms with Gasteiger partial charge in [-0.15, -0.1) is 0 Å². The van der Waals surface area contributed by atoms with E-state index in [1.54, 1.807) is 6.07 Å². The zero-order chi connectivity index (χ0) is 22.1. The number of hydrogen-bond acceptors (Lipinski definition) is 7. The lowest BCUT2D eigenvalue weighted by molar-refractivity contribution is -0.121. The Balaban J connectivity index is 1.82. The maximum atomic E-state index is 12.2. The van der Waals surface area contributed by atoms with Gasteiger partial charge in [0.05, 0.1) is 26.2 Å². The second-order valence-electron chi connectivity index (χ2n) is 5.90. The molecular formula is C19H23N3O7S. The Bertz CT molecular complexity index is 992. The summed E-state index contributed by atoms with van der Waals surface area (Å²) < 4.78 is 41.9. The molecule has 0 aliphatic heterocycles. The summed E-state index contributed by atoms with van der Waals surface area (Å²) in [4.78, 5) is 24.1. The van der Waals surface area contributed by atoms with Crippen molar-refractivity contribution in [2.45, 2.75) is 11.3 Å². The van der Waals surface area contributed by atoms with Crippen LogP contribution in [0, 0.1) is 0 Å². The molecule has 0 fully saturated rings. The van der Waals surface area contributed by atoms with Gasteiger partial charge in [0.25, 0.3) is 5.91 Å². The topological polar surface area (TPSA) is 132 Å². The van der Waals surface area contributed by atoms with Crippen molar-refractivity contribution >= 4 is 21.8 Å². The molecule has 2 aromatic rings. The molecule has 3 N–H and O–H groups in total. The van der Waals surface area contributed by atoms with Crippen LogP contribution in [-0.4, -0.2) is 48.1 Å². The Morgan fingerprint density at radius 2 is 1.53 bits per heavy atom. The molecule has 0 bridgehead atoms. The highest BCUT2D eigenvalue weighted by atomic mass is 32.2. The summed E-state index contributed by atoms with van der Waals surface area (Å²) in [6.07, 6.45) is -0.179. The van der Waals surface area contributed by atoms with E-state index in [1.165, 1.54) is 57.7 Å². The normalized spacial score (nSPS) is 10.8. The molecule has 2 amide bonds. The summed E-state index contributed by atoms with van der Waals surface area (Å²) in [7, 11) is 0.620. The smallest absolute Gasteiger partial charge is 0.269 e. The first-order valence-corrected chi connectivity index (χ1v) is 10.2. The molecule has 2 rings (SSSR count). The first-order chi connectivity index (χ1) is 14.3. The van der Waals surface area contributed by atoms with E-state index in [0.717, 1.165) is 0 Å². The van der Waals surface area contributed by atoms with Gasteiger partial charge in [0.2, 0.25) is 15.9 Å². The van der Waals surface area contributed by atoms with Gasteiger partial charge in [0.1, 0.15) is 5.75 Å². The number of hydrazine groups is 1. The van der Waals surface area contributed by atoms with E-state index in [4.69, 9.17) is 14.2 Å². The molecule has 0 aliphatic carbocycles. The molecular weight excluding hydrogens is 414 g/mol. The van der Waals surface area contributed by atoms with Crippen LogP contribution in [0.5, 0.6) is 17.2 Å². The Morgan fingerprint density at radius 1 is 0.867 bits per heavy atom. The van der Waals surface area contributed by atoms with E-state index < -0.39 is 21.8 Å². The molecule has 162 valence electrons. The lowest BCUT2D eigenvalue weighted by Crippen LogP contribution is -2.42. The highest BCUT2D eigenvalue weighted by molar-refractivity contribution is 7.89. The number of amides is 2. The average molecular weight is 437 g/mol. The van der Waals surface area contributed by atoms with Crippen LogP contribution < -0.4 is 29.8 Å². The van der Waals surface area contributed by atoms with Crippen LogP contribution in [0.25, 0.3) is 0 Å². The molecule has 0 aromatic heterocycles. The van der Waals surface area contributed by atoms with Crippen molar-refractivity contribution in [2.75, 3.05) is 27.9 Å². The maximum absolute atomic E-state index is 12.2. The first kappa shape index (κ1) is 23.0. The van der Waals surface area contributed by atoms with E-state index in [9.17, 15) is 18.0 Å². The third kappa shape index (κ3) is 6.09. The Hall–Kier alpha value is -3.31. The summed E-state index contributed by atoms with van der Waals surface area (Å²) in [5.41, 5.74) is 4.72. The van der Waals surface area contributed by atoms with Gasteiger partial charge in [-0.1, -0.05) is 0 Å². The number of benzene rings is 2. The molecule has 0 aliphatic rings. The predicted molar refractivity (Wildman–Crippen MR) is 108 cm³/mol. The maximum Gasteiger partial charge on any atom is 0.269 e. The number of rotatable bonds is 9. The van der Waals surface area contributed by atoms with Gasteiger partial charge in [-0.25, -0.2) is 13.1 Å². The van der Waals surface area contributed by atoms with Crippen LogP contribution in [0.3, 0.4) is 0 Å². The molecule has 0 heterocycles. The van der Waals surface area contributed by atoms with Crippen LogP contribution in [0.2, 0.25) is 0 Å². The van der Waals surface area contributed by atoms with Crippen molar-refractivity contribution in [1.82, 2.24) is 15.6 Å². The molecule has 10 nitrogen and oxygen atoms in total. The highest BCUT2D eigenvalue weighted by Gasteiger charge is 2.15. The number of sulfonamides is 1. The molecule has 11 heteroatoms. The van der Waals surface area contributed by atoms with Gasteiger partial charge < -0.3 is 14.2 Å². The van der Waals surface area contributed by atoms with E-state index in [1.807, 2.05) is 0 Å². The quantitative estimate of drug-likeness (QED) is 0.495. The van der Waals surface area contributed by atoms with Gasteiger partial charge in [0, 0.05) is 18.5 Å². The lowest BCUT2D eigenvalue weighted by atomic mass is 10.2. The standard InChI is InChI=1S/C19H23N3O7S/c1-27-14-5-7-15(8-6-14)30(25,26)20-11-10-18(23)21-22-19(24)13-4-9-16(28-2)17(12-13)29-3/h4-9,12,20H,10-11H2,1-3H3,(H,21,23)(H,22,24). The fourth-order valence-electron chi connectivity index (χ4n) is 2.38. The fourth-order valence-corrected chi connectivity index (χ4v) is 3.41.